The number of halogens is 2. The molecule has 1 aromatic heterocycles. The van der Waals surface area contributed by atoms with Gasteiger partial charge in [-0.1, -0.05) is 11.6 Å². The highest BCUT2D eigenvalue weighted by Crippen LogP contribution is 2.24. The highest BCUT2D eigenvalue weighted by atomic mass is 127. The van der Waals surface area contributed by atoms with Crippen LogP contribution >= 0.6 is 46.5 Å². The molecule has 0 amide bonds. The van der Waals surface area contributed by atoms with E-state index in [1.165, 1.54) is 4.88 Å². The predicted octanol–water partition coefficient (Wildman–Crippen LogP) is -1.60. The Kier molecular flexibility index (Phi) is 10.4. The number of rotatable bonds is 5. The van der Waals surface area contributed by atoms with E-state index in [-0.39, 0.29) is 24.0 Å². The van der Waals surface area contributed by atoms with Crippen LogP contribution in [0.4, 0.5) is 0 Å². The molecule has 0 atom stereocenters. The Bertz CT molecular complexity index is 330. The summed E-state index contributed by atoms with van der Waals surface area (Å²) in [4.78, 5) is 4.46. The van der Waals surface area contributed by atoms with Crippen molar-refractivity contribution in [2.75, 3.05) is 18.6 Å². The van der Waals surface area contributed by atoms with Crippen molar-refractivity contribution in [1.82, 2.24) is 0 Å². The molecular formula is C9H14ClIN2S3. The largest absolute Gasteiger partial charge is 1.00 e. The fourth-order valence-electron chi connectivity index (χ4n) is 0.921. The molecule has 0 saturated carbocycles. The maximum Gasteiger partial charge on any atom is 0.301 e. The lowest BCUT2D eigenvalue weighted by molar-refractivity contribution is -0.448. The minimum atomic E-state index is 0. The Morgan fingerprint density at radius 1 is 1.56 bits per heavy atom. The maximum absolute atomic E-state index is 5.84. The Morgan fingerprint density at radius 3 is 2.88 bits per heavy atom. The molecule has 7 heteroatoms. The van der Waals surface area contributed by atoms with Gasteiger partial charge >= 0.3 is 5.17 Å². The second kappa shape index (κ2) is 9.87. The number of thioether (sulfide) groups is 2. The molecule has 92 valence electrons. The van der Waals surface area contributed by atoms with Crippen LogP contribution < -0.4 is 34.7 Å². The number of nitrogens with two attached hydrogens (primary N) is 1. The first kappa shape index (κ1) is 16.9. The van der Waals surface area contributed by atoms with Gasteiger partial charge in [-0.25, -0.2) is 0 Å². The van der Waals surface area contributed by atoms with E-state index in [0.29, 0.717) is 0 Å². The lowest BCUT2D eigenvalue weighted by Gasteiger charge is -1.95. The topological polar surface area (TPSA) is 40.0 Å². The van der Waals surface area contributed by atoms with Crippen molar-refractivity contribution in [1.29, 1.82) is 0 Å². The van der Waals surface area contributed by atoms with Crippen molar-refractivity contribution >= 4 is 51.6 Å². The van der Waals surface area contributed by atoms with Gasteiger partial charge in [-0.05, 0) is 30.2 Å². The zero-order valence-corrected chi connectivity index (χ0v) is 14.2. The van der Waals surface area contributed by atoms with Crippen LogP contribution in [0.2, 0.25) is 4.34 Å². The summed E-state index contributed by atoms with van der Waals surface area (Å²) in [6, 6.07) is 4.02. The summed E-state index contributed by atoms with van der Waals surface area (Å²) in [7, 11) is 0. The third kappa shape index (κ3) is 7.26. The monoisotopic (exact) mass is 408 g/mol. The summed E-state index contributed by atoms with van der Waals surface area (Å²) in [5.74, 6) is 2.08. The number of amidine groups is 1. The molecule has 0 spiro atoms. The van der Waals surface area contributed by atoms with E-state index >= 15 is 0 Å². The van der Waals surface area contributed by atoms with E-state index in [1.807, 2.05) is 24.1 Å². The van der Waals surface area contributed by atoms with Crippen LogP contribution in [0.1, 0.15) is 4.88 Å². The first-order chi connectivity index (χ1) is 7.22. The van der Waals surface area contributed by atoms with Gasteiger partial charge in [0.2, 0.25) is 0 Å². The van der Waals surface area contributed by atoms with Gasteiger partial charge in [-0.15, -0.1) is 11.3 Å². The van der Waals surface area contributed by atoms with Crippen molar-refractivity contribution in [2.24, 2.45) is 5.73 Å². The molecule has 3 N–H and O–H groups in total. The third-order valence-electron chi connectivity index (χ3n) is 1.64. The van der Waals surface area contributed by atoms with E-state index in [9.17, 15) is 0 Å². The quantitative estimate of drug-likeness (QED) is 0.267. The average molecular weight is 409 g/mol. The molecule has 16 heavy (non-hydrogen) atoms. The number of hydrogen-bond donors (Lipinski definition) is 2. The molecule has 1 rings (SSSR count). The van der Waals surface area contributed by atoms with Crippen LogP contribution in [0.3, 0.4) is 0 Å². The lowest BCUT2D eigenvalue weighted by Crippen LogP contribution is -3.00. The molecule has 0 aliphatic carbocycles. The Hall–Kier alpha value is 0.890. The van der Waals surface area contributed by atoms with Gasteiger partial charge in [-0.2, -0.15) is 11.8 Å². The lowest BCUT2D eigenvalue weighted by atomic mass is 10.5. The highest BCUT2D eigenvalue weighted by molar-refractivity contribution is 8.12. The van der Waals surface area contributed by atoms with Gasteiger partial charge < -0.3 is 24.0 Å². The molecule has 0 aromatic carbocycles. The van der Waals surface area contributed by atoms with Gasteiger partial charge in [0.25, 0.3) is 0 Å². The van der Waals surface area contributed by atoms with Crippen LogP contribution in [0, 0.1) is 0 Å². The molecule has 2 nitrogen and oxygen atoms in total. The number of nitrogens with one attached hydrogen (secondary N) is 1. The fraction of sp³-hybridized carbons (Fsp3) is 0.444. The Balaban J connectivity index is 0.00000225. The number of thiophene rings is 1. The third-order valence-corrected chi connectivity index (χ3v) is 4.64. The second-order valence-electron chi connectivity index (χ2n) is 2.75. The Labute approximate surface area is 131 Å². The van der Waals surface area contributed by atoms with Crippen LogP contribution in [0.5, 0.6) is 0 Å². The first-order valence-corrected chi connectivity index (χ1v) is 8.02. The smallest absolute Gasteiger partial charge is 0.301 e. The van der Waals surface area contributed by atoms with Crippen LogP contribution in [-0.2, 0) is 5.75 Å². The molecule has 0 aliphatic heterocycles. The molecule has 0 unspecified atom stereocenters. The van der Waals surface area contributed by atoms with Crippen LogP contribution in [-0.4, -0.2) is 23.7 Å². The fourth-order valence-corrected chi connectivity index (χ4v) is 3.22. The van der Waals surface area contributed by atoms with E-state index < -0.39 is 0 Å². The van der Waals surface area contributed by atoms with Gasteiger partial charge in [0.15, 0.2) is 0 Å². The molecule has 1 aromatic rings. The molecule has 0 radical (unpaired) electrons. The molecular weight excluding hydrogens is 395 g/mol. The minimum Gasteiger partial charge on any atom is -1.00 e. The van der Waals surface area contributed by atoms with Crippen LogP contribution in [0.25, 0.3) is 0 Å². The summed E-state index contributed by atoms with van der Waals surface area (Å²) >= 11 is 10.9. The van der Waals surface area contributed by atoms with E-state index in [4.69, 9.17) is 17.3 Å². The molecule has 0 fully saturated rings. The standard InChI is InChI=1S/C9H13ClN2S3.HI/c1-13-9(11)12-4-5-14-6-7-2-3-8(10)15-7;/h2-3H,4-6H2,1H3,(H2,11,12);1H. The van der Waals surface area contributed by atoms with Crippen LogP contribution in [0.15, 0.2) is 12.1 Å². The van der Waals surface area contributed by atoms with Gasteiger partial charge in [0.1, 0.15) is 0 Å². The first-order valence-electron chi connectivity index (χ1n) is 4.44. The second-order valence-corrected chi connectivity index (χ2v) is 6.51. The average Bonchev–Trinajstić information content (AvgIpc) is 2.63. The SMILES string of the molecule is CSC(N)=[NH+]CCSCc1ccc(Cl)s1.[I-]. The molecule has 0 aliphatic rings. The summed E-state index contributed by atoms with van der Waals surface area (Å²) in [6.45, 7) is 0.913. The van der Waals surface area contributed by atoms with Gasteiger partial charge in [-0.3, -0.25) is 10.7 Å². The summed E-state index contributed by atoms with van der Waals surface area (Å²) in [5.41, 5.74) is 5.61. The number of hydrogen-bond acceptors (Lipinski definition) is 3. The van der Waals surface area contributed by atoms with Crippen molar-refractivity contribution in [3.05, 3.63) is 21.3 Å². The summed E-state index contributed by atoms with van der Waals surface area (Å²) < 4.78 is 0.865. The van der Waals surface area contributed by atoms with E-state index in [0.717, 1.165) is 27.6 Å². The van der Waals surface area contributed by atoms with E-state index in [2.05, 4.69) is 11.1 Å². The maximum atomic E-state index is 5.84. The Morgan fingerprint density at radius 2 is 2.31 bits per heavy atom. The molecule has 0 bridgehead atoms. The highest BCUT2D eigenvalue weighted by Gasteiger charge is 1.98. The molecule has 0 saturated heterocycles. The minimum absolute atomic E-state index is 0. The predicted molar refractivity (Wildman–Crippen MR) is 74.0 cm³/mol. The zero-order valence-electron chi connectivity index (χ0n) is 8.83. The van der Waals surface area contributed by atoms with Crippen molar-refractivity contribution in [3.8, 4) is 0 Å². The van der Waals surface area contributed by atoms with Gasteiger partial charge in [0, 0.05) is 16.4 Å². The van der Waals surface area contributed by atoms with Gasteiger partial charge in [0.05, 0.1) is 10.9 Å². The van der Waals surface area contributed by atoms with Crippen molar-refractivity contribution in [2.45, 2.75) is 5.75 Å². The normalized spacial score (nSPS) is 11.2. The van der Waals surface area contributed by atoms with Crippen molar-refractivity contribution < 1.29 is 29.0 Å². The molecule has 1 heterocycles. The summed E-state index contributed by atoms with van der Waals surface area (Å²) in [5, 5.41) is 0.787. The van der Waals surface area contributed by atoms with Crippen molar-refractivity contribution in [3.63, 3.8) is 0 Å². The zero-order chi connectivity index (χ0) is 11.1. The summed E-state index contributed by atoms with van der Waals surface area (Å²) in [6.07, 6.45) is 1.96. The van der Waals surface area contributed by atoms with E-state index in [1.54, 1.807) is 23.1 Å².